The topological polar surface area (TPSA) is 54.4 Å². The summed E-state index contributed by atoms with van der Waals surface area (Å²) in [7, 11) is 4.00. The zero-order chi connectivity index (χ0) is 14.0. The third-order valence-corrected chi connectivity index (χ3v) is 4.05. The molecule has 1 unspecified atom stereocenters. The normalized spacial score (nSPS) is 13.2. The summed E-state index contributed by atoms with van der Waals surface area (Å²) < 4.78 is 8.28. The number of hydrogen-bond acceptors (Lipinski definition) is 4. The zero-order valence-corrected chi connectivity index (χ0v) is 13.8. The Bertz CT molecular complexity index is 551. The molecule has 0 spiro atoms. The summed E-state index contributed by atoms with van der Waals surface area (Å²) in [6, 6.07) is 1.74. The minimum atomic E-state index is -0.785. The second-order valence-corrected chi connectivity index (χ2v) is 6.03. The second kappa shape index (κ2) is 6.21. The van der Waals surface area contributed by atoms with E-state index in [2.05, 4.69) is 41.9 Å². The SMILES string of the molecule is CN(C)CCn1ncc(Br)c1C(O)c1ccoc1Br. The van der Waals surface area contributed by atoms with Gasteiger partial charge in [-0.3, -0.25) is 4.68 Å². The van der Waals surface area contributed by atoms with Crippen LogP contribution in [0.15, 0.2) is 32.1 Å². The molecule has 0 radical (unpaired) electrons. The average molecular weight is 393 g/mol. The summed E-state index contributed by atoms with van der Waals surface area (Å²) in [5.41, 5.74) is 1.41. The van der Waals surface area contributed by atoms with E-state index in [-0.39, 0.29) is 0 Å². The lowest BCUT2D eigenvalue weighted by Gasteiger charge is -2.15. The Balaban J connectivity index is 2.28. The van der Waals surface area contributed by atoms with Gasteiger partial charge in [-0.15, -0.1) is 0 Å². The minimum absolute atomic E-state index is 0.534. The number of rotatable bonds is 5. The highest BCUT2D eigenvalue weighted by Gasteiger charge is 2.23. The Hall–Kier alpha value is -0.630. The smallest absolute Gasteiger partial charge is 0.175 e. The van der Waals surface area contributed by atoms with Gasteiger partial charge in [0.15, 0.2) is 4.67 Å². The standard InChI is InChI=1S/C12H15Br2N3O2/c1-16(2)4-5-17-10(9(13)7-15-17)11(18)8-3-6-19-12(8)14/h3,6-7,11,18H,4-5H2,1-2H3. The molecule has 2 rings (SSSR count). The van der Waals surface area contributed by atoms with Gasteiger partial charge in [0.25, 0.3) is 0 Å². The maximum absolute atomic E-state index is 10.5. The Kier molecular flexibility index (Phi) is 4.83. The maximum atomic E-state index is 10.5. The van der Waals surface area contributed by atoms with E-state index in [1.165, 1.54) is 6.26 Å². The van der Waals surface area contributed by atoms with Crippen LogP contribution in [0.3, 0.4) is 0 Å². The van der Waals surface area contributed by atoms with Gasteiger partial charge in [0.2, 0.25) is 0 Å². The number of halogens is 2. The van der Waals surface area contributed by atoms with E-state index in [1.54, 1.807) is 16.9 Å². The van der Waals surface area contributed by atoms with E-state index in [4.69, 9.17) is 4.42 Å². The first-order valence-corrected chi connectivity index (χ1v) is 7.36. The van der Waals surface area contributed by atoms with Crippen LogP contribution in [0.25, 0.3) is 0 Å². The molecule has 1 N–H and O–H groups in total. The Morgan fingerprint density at radius 1 is 1.47 bits per heavy atom. The Morgan fingerprint density at radius 3 is 2.79 bits per heavy atom. The second-order valence-electron chi connectivity index (χ2n) is 4.46. The van der Waals surface area contributed by atoms with Gasteiger partial charge in [-0.2, -0.15) is 5.10 Å². The predicted octanol–water partition coefficient (Wildman–Crippen LogP) is 2.64. The largest absolute Gasteiger partial charge is 0.457 e. The molecule has 2 aromatic rings. The van der Waals surface area contributed by atoms with Crippen molar-refractivity contribution in [2.75, 3.05) is 20.6 Å². The molecule has 0 saturated heterocycles. The molecule has 1 atom stereocenters. The third kappa shape index (κ3) is 3.28. The number of aliphatic hydroxyl groups excluding tert-OH is 1. The molecule has 0 aliphatic carbocycles. The summed E-state index contributed by atoms with van der Waals surface area (Å²) in [5, 5.41) is 14.8. The number of aromatic nitrogens is 2. The van der Waals surface area contributed by atoms with Crippen LogP contribution in [0.5, 0.6) is 0 Å². The first kappa shape index (κ1) is 14.8. The number of furan rings is 1. The molecule has 0 aliphatic heterocycles. The molecule has 104 valence electrons. The molecule has 2 aromatic heterocycles. The highest BCUT2D eigenvalue weighted by atomic mass is 79.9. The van der Waals surface area contributed by atoms with Gasteiger partial charge in [-0.1, -0.05) is 0 Å². The van der Waals surface area contributed by atoms with Gasteiger partial charge in [0.05, 0.1) is 29.2 Å². The van der Waals surface area contributed by atoms with Crippen LogP contribution in [0.1, 0.15) is 17.4 Å². The van der Waals surface area contributed by atoms with Crippen molar-refractivity contribution in [2.45, 2.75) is 12.6 Å². The lowest BCUT2D eigenvalue weighted by Crippen LogP contribution is -2.21. The van der Waals surface area contributed by atoms with Crippen molar-refractivity contribution in [1.82, 2.24) is 14.7 Å². The van der Waals surface area contributed by atoms with Crippen LogP contribution in [-0.4, -0.2) is 40.4 Å². The van der Waals surface area contributed by atoms with Crippen LogP contribution >= 0.6 is 31.9 Å². The molecule has 0 amide bonds. The molecule has 0 fully saturated rings. The van der Waals surface area contributed by atoms with Gasteiger partial charge >= 0.3 is 0 Å². The maximum Gasteiger partial charge on any atom is 0.175 e. The number of aliphatic hydroxyl groups is 1. The lowest BCUT2D eigenvalue weighted by molar-refractivity contribution is 0.202. The van der Waals surface area contributed by atoms with E-state index >= 15 is 0 Å². The molecule has 0 aromatic carbocycles. The Morgan fingerprint density at radius 2 is 2.21 bits per heavy atom. The van der Waals surface area contributed by atoms with Crippen molar-refractivity contribution in [1.29, 1.82) is 0 Å². The molecule has 0 bridgehead atoms. The van der Waals surface area contributed by atoms with Crippen LogP contribution in [0.2, 0.25) is 0 Å². The minimum Gasteiger partial charge on any atom is -0.457 e. The molecule has 7 heteroatoms. The fourth-order valence-electron chi connectivity index (χ4n) is 1.76. The van der Waals surface area contributed by atoms with Crippen molar-refractivity contribution >= 4 is 31.9 Å². The Labute approximate surface area is 128 Å². The van der Waals surface area contributed by atoms with E-state index in [0.717, 1.165) is 16.7 Å². The van der Waals surface area contributed by atoms with Crippen LogP contribution < -0.4 is 0 Å². The van der Waals surface area contributed by atoms with Crippen molar-refractivity contribution in [3.05, 3.63) is 38.9 Å². The monoisotopic (exact) mass is 391 g/mol. The summed E-state index contributed by atoms with van der Waals surface area (Å²) in [6.07, 6.45) is 2.45. The summed E-state index contributed by atoms with van der Waals surface area (Å²) in [5.74, 6) is 0. The molecular formula is C12H15Br2N3O2. The van der Waals surface area contributed by atoms with Gasteiger partial charge in [0, 0.05) is 12.1 Å². The number of hydrogen-bond donors (Lipinski definition) is 1. The molecule has 2 heterocycles. The highest BCUT2D eigenvalue weighted by molar-refractivity contribution is 9.10. The molecule has 0 aliphatic rings. The predicted molar refractivity (Wildman–Crippen MR) is 79.0 cm³/mol. The van der Waals surface area contributed by atoms with Gasteiger partial charge in [0.1, 0.15) is 6.10 Å². The lowest BCUT2D eigenvalue weighted by atomic mass is 10.1. The fourth-order valence-corrected chi connectivity index (χ4v) is 2.73. The highest BCUT2D eigenvalue weighted by Crippen LogP contribution is 2.33. The first-order chi connectivity index (χ1) is 9.00. The van der Waals surface area contributed by atoms with E-state index < -0.39 is 6.10 Å². The van der Waals surface area contributed by atoms with Crippen molar-refractivity contribution in [3.63, 3.8) is 0 Å². The summed E-state index contributed by atoms with van der Waals surface area (Å²) in [6.45, 7) is 1.56. The van der Waals surface area contributed by atoms with E-state index in [9.17, 15) is 5.11 Å². The molecule has 19 heavy (non-hydrogen) atoms. The van der Waals surface area contributed by atoms with E-state index in [1.807, 2.05) is 14.1 Å². The van der Waals surface area contributed by atoms with Gasteiger partial charge < -0.3 is 14.4 Å². The average Bonchev–Trinajstić information content (AvgIpc) is 2.92. The van der Waals surface area contributed by atoms with Crippen LogP contribution in [-0.2, 0) is 6.54 Å². The molecule has 5 nitrogen and oxygen atoms in total. The third-order valence-electron chi connectivity index (χ3n) is 2.79. The van der Waals surface area contributed by atoms with Crippen LogP contribution in [0.4, 0.5) is 0 Å². The van der Waals surface area contributed by atoms with Crippen LogP contribution in [0, 0.1) is 0 Å². The number of nitrogens with zero attached hydrogens (tertiary/aromatic N) is 3. The van der Waals surface area contributed by atoms with Gasteiger partial charge in [-0.25, -0.2) is 0 Å². The van der Waals surface area contributed by atoms with Crippen molar-refractivity contribution in [2.24, 2.45) is 0 Å². The quantitative estimate of drug-likeness (QED) is 0.849. The summed E-state index contributed by atoms with van der Waals surface area (Å²) >= 11 is 6.72. The van der Waals surface area contributed by atoms with Gasteiger partial charge in [-0.05, 0) is 52.0 Å². The first-order valence-electron chi connectivity index (χ1n) is 5.77. The van der Waals surface area contributed by atoms with Crippen molar-refractivity contribution in [3.8, 4) is 0 Å². The molecule has 0 saturated carbocycles. The number of likely N-dealkylation sites (N-methyl/N-ethyl adjacent to an activating group) is 1. The fraction of sp³-hybridized carbons (Fsp3) is 0.417. The molecular weight excluding hydrogens is 378 g/mol. The van der Waals surface area contributed by atoms with E-state index in [0.29, 0.717) is 16.8 Å². The zero-order valence-electron chi connectivity index (χ0n) is 10.7. The summed E-state index contributed by atoms with van der Waals surface area (Å²) in [4.78, 5) is 2.07. The van der Waals surface area contributed by atoms with Crippen molar-refractivity contribution < 1.29 is 9.52 Å².